The first kappa shape index (κ1) is 21.5. The number of hydrogen-bond donors (Lipinski definition) is 1. The number of fused-ring (bicyclic) bond motifs is 1. The van der Waals surface area contributed by atoms with Crippen LogP contribution in [0.25, 0.3) is 11.3 Å². The summed E-state index contributed by atoms with van der Waals surface area (Å²) in [5.74, 6) is -0.165. The maximum absolute atomic E-state index is 13.8. The second-order valence-electron chi connectivity index (χ2n) is 9.66. The summed E-state index contributed by atoms with van der Waals surface area (Å²) in [5, 5.41) is 3.27. The van der Waals surface area contributed by atoms with E-state index >= 15 is 0 Å². The van der Waals surface area contributed by atoms with Crippen molar-refractivity contribution >= 4 is 11.8 Å². The number of nitrogens with zero attached hydrogens (tertiary/aromatic N) is 2. The quantitative estimate of drug-likeness (QED) is 0.610. The maximum Gasteiger partial charge on any atom is 0.271 e. The van der Waals surface area contributed by atoms with Crippen LogP contribution in [0.15, 0.2) is 66.7 Å². The van der Waals surface area contributed by atoms with E-state index in [4.69, 9.17) is 0 Å². The maximum atomic E-state index is 13.8. The number of rotatable bonds is 5. The third-order valence-corrected chi connectivity index (χ3v) is 7.22. The molecule has 0 unspecified atom stereocenters. The van der Waals surface area contributed by atoms with Crippen LogP contribution in [0.5, 0.6) is 0 Å². The molecule has 33 heavy (non-hydrogen) atoms. The van der Waals surface area contributed by atoms with Crippen molar-refractivity contribution in [1.82, 2.24) is 14.8 Å². The summed E-state index contributed by atoms with van der Waals surface area (Å²) < 4.78 is 2.03. The van der Waals surface area contributed by atoms with E-state index in [-0.39, 0.29) is 17.9 Å². The molecule has 1 fully saturated rings. The molecule has 2 aromatic carbocycles. The molecule has 2 heterocycles. The van der Waals surface area contributed by atoms with E-state index in [0.717, 1.165) is 42.5 Å². The molecule has 1 aromatic heterocycles. The second kappa shape index (κ2) is 8.54. The largest absolute Gasteiger partial charge is 0.351 e. The zero-order valence-corrected chi connectivity index (χ0v) is 19.4. The van der Waals surface area contributed by atoms with Crippen LogP contribution >= 0.6 is 0 Å². The Morgan fingerprint density at radius 1 is 0.970 bits per heavy atom. The van der Waals surface area contributed by atoms with Gasteiger partial charge in [0.1, 0.15) is 11.2 Å². The molecule has 1 atom stereocenters. The Morgan fingerprint density at radius 2 is 1.64 bits per heavy atom. The lowest BCUT2D eigenvalue weighted by atomic mass is 9.93. The lowest BCUT2D eigenvalue weighted by molar-refractivity contribution is -0.133. The van der Waals surface area contributed by atoms with Gasteiger partial charge >= 0.3 is 0 Å². The molecule has 5 heteroatoms. The number of benzene rings is 2. The van der Waals surface area contributed by atoms with Crippen LogP contribution in [0.4, 0.5) is 0 Å². The predicted octanol–water partition coefficient (Wildman–Crippen LogP) is 4.94. The molecule has 1 N–H and O–H groups in total. The van der Waals surface area contributed by atoms with Crippen molar-refractivity contribution in [2.75, 3.05) is 0 Å². The van der Waals surface area contributed by atoms with E-state index in [1.807, 2.05) is 73.0 Å². The van der Waals surface area contributed by atoms with Crippen LogP contribution in [0, 0.1) is 6.92 Å². The smallest absolute Gasteiger partial charge is 0.271 e. The van der Waals surface area contributed by atoms with Gasteiger partial charge in [-0.1, -0.05) is 73.0 Å². The number of aryl methyl sites for hydroxylation is 1. The Hall–Kier alpha value is -3.34. The number of nitrogens with one attached hydrogen (secondary N) is 1. The van der Waals surface area contributed by atoms with Gasteiger partial charge in [0.05, 0.1) is 6.54 Å². The van der Waals surface area contributed by atoms with E-state index in [9.17, 15) is 9.59 Å². The second-order valence-corrected chi connectivity index (χ2v) is 9.66. The van der Waals surface area contributed by atoms with Crippen LogP contribution in [0.2, 0.25) is 0 Å². The van der Waals surface area contributed by atoms with E-state index in [1.165, 1.54) is 5.56 Å². The zero-order valence-electron chi connectivity index (χ0n) is 19.4. The van der Waals surface area contributed by atoms with Gasteiger partial charge < -0.3 is 14.8 Å². The lowest BCUT2D eigenvalue weighted by Gasteiger charge is -2.45. The molecule has 1 aliphatic heterocycles. The SMILES string of the molecule is Cc1ccc(CN2C(=O)c3ccc(-c4ccccc4)n3C[C@@]2(C)C(=O)NC2CCCC2)cc1. The molecule has 1 saturated carbocycles. The normalized spacial score (nSPS) is 20.7. The van der Waals surface area contributed by atoms with Gasteiger partial charge in [-0.05, 0) is 49.9 Å². The number of carbonyl (C=O) groups is 2. The summed E-state index contributed by atoms with van der Waals surface area (Å²) in [5.41, 5.74) is 3.85. The molecule has 0 bridgehead atoms. The van der Waals surface area contributed by atoms with Crippen LogP contribution in [0.1, 0.15) is 54.2 Å². The van der Waals surface area contributed by atoms with Gasteiger partial charge in [0.2, 0.25) is 5.91 Å². The molecule has 5 nitrogen and oxygen atoms in total. The molecule has 2 aliphatic rings. The van der Waals surface area contributed by atoms with E-state index in [1.54, 1.807) is 4.90 Å². The Kier molecular flexibility index (Phi) is 5.57. The van der Waals surface area contributed by atoms with Crippen molar-refractivity contribution in [2.24, 2.45) is 0 Å². The van der Waals surface area contributed by atoms with Crippen molar-refractivity contribution in [3.63, 3.8) is 0 Å². The first-order valence-corrected chi connectivity index (χ1v) is 11.9. The van der Waals surface area contributed by atoms with Gasteiger partial charge in [0, 0.05) is 18.3 Å². The minimum Gasteiger partial charge on any atom is -0.351 e. The Balaban J connectivity index is 1.54. The average Bonchev–Trinajstić information content (AvgIpc) is 3.48. The van der Waals surface area contributed by atoms with Crippen LogP contribution < -0.4 is 5.32 Å². The minimum absolute atomic E-state index is 0.0618. The molecule has 0 spiro atoms. The van der Waals surface area contributed by atoms with Gasteiger partial charge in [-0.15, -0.1) is 0 Å². The van der Waals surface area contributed by atoms with E-state index in [0.29, 0.717) is 18.8 Å². The summed E-state index contributed by atoms with van der Waals surface area (Å²) in [7, 11) is 0. The third kappa shape index (κ3) is 3.97. The highest BCUT2D eigenvalue weighted by atomic mass is 16.2. The summed E-state index contributed by atoms with van der Waals surface area (Å²) in [6, 6.07) is 22.3. The van der Waals surface area contributed by atoms with E-state index < -0.39 is 5.54 Å². The van der Waals surface area contributed by atoms with Crippen LogP contribution in [-0.2, 0) is 17.9 Å². The van der Waals surface area contributed by atoms with Gasteiger partial charge in [-0.3, -0.25) is 9.59 Å². The van der Waals surface area contributed by atoms with Crippen molar-refractivity contribution in [3.05, 3.63) is 83.6 Å². The molecule has 5 rings (SSSR count). The molecule has 1 aliphatic carbocycles. The minimum atomic E-state index is -0.986. The van der Waals surface area contributed by atoms with Gasteiger partial charge in [0.25, 0.3) is 5.91 Å². The van der Waals surface area contributed by atoms with Gasteiger partial charge in [0.15, 0.2) is 0 Å². The fourth-order valence-corrected chi connectivity index (χ4v) is 5.17. The standard InChI is InChI=1S/C28H31N3O2/c1-20-12-14-21(15-13-20)18-31-26(32)25-17-16-24(22-8-4-3-5-9-22)30(25)19-28(31,2)27(33)29-23-10-6-7-11-23/h3-5,8-9,12-17,23H,6-7,10-11,18-19H2,1-2H3,(H,29,33)/t28-/m0/s1. The van der Waals surface area contributed by atoms with Gasteiger partial charge in [-0.25, -0.2) is 0 Å². The summed E-state index contributed by atoms with van der Waals surface area (Å²) in [6.07, 6.45) is 4.32. The summed E-state index contributed by atoms with van der Waals surface area (Å²) >= 11 is 0. The molecular formula is C28H31N3O2. The summed E-state index contributed by atoms with van der Waals surface area (Å²) in [6.45, 7) is 4.79. The zero-order chi connectivity index (χ0) is 23.0. The van der Waals surface area contributed by atoms with Crippen molar-refractivity contribution in [3.8, 4) is 11.3 Å². The number of amides is 2. The highest BCUT2D eigenvalue weighted by molar-refractivity contribution is 6.00. The molecule has 0 radical (unpaired) electrons. The van der Waals surface area contributed by atoms with Crippen molar-refractivity contribution in [1.29, 1.82) is 0 Å². The highest BCUT2D eigenvalue weighted by Crippen LogP contribution is 2.34. The third-order valence-electron chi connectivity index (χ3n) is 7.22. The first-order valence-electron chi connectivity index (χ1n) is 11.9. The van der Waals surface area contributed by atoms with E-state index in [2.05, 4.69) is 17.4 Å². The van der Waals surface area contributed by atoms with Crippen molar-refractivity contribution in [2.45, 2.75) is 64.2 Å². The Labute approximate surface area is 195 Å². The summed E-state index contributed by atoms with van der Waals surface area (Å²) in [4.78, 5) is 29.3. The molecule has 2 amide bonds. The highest BCUT2D eigenvalue weighted by Gasteiger charge is 2.48. The van der Waals surface area contributed by atoms with Crippen molar-refractivity contribution < 1.29 is 9.59 Å². The number of hydrogen-bond acceptors (Lipinski definition) is 2. The number of carbonyl (C=O) groups excluding carboxylic acids is 2. The molecule has 3 aromatic rings. The molecule has 0 saturated heterocycles. The Bertz CT molecular complexity index is 1160. The monoisotopic (exact) mass is 441 g/mol. The fourth-order valence-electron chi connectivity index (χ4n) is 5.17. The molecule has 170 valence electrons. The fraction of sp³-hybridized carbons (Fsp3) is 0.357. The predicted molar refractivity (Wildman–Crippen MR) is 130 cm³/mol. The van der Waals surface area contributed by atoms with Crippen LogP contribution in [0.3, 0.4) is 0 Å². The topological polar surface area (TPSA) is 54.3 Å². The lowest BCUT2D eigenvalue weighted by Crippen LogP contribution is -2.64. The Morgan fingerprint density at radius 3 is 2.33 bits per heavy atom. The average molecular weight is 442 g/mol. The number of aromatic nitrogens is 1. The first-order chi connectivity index (χ1) is 16.0. The van der Waals surface area contributed by atoms with Crippen LogP contribution in [-0.4, -0.2) is 32.9 Å². The molecular weight excluding hydrogens is 410 g/mol. The van der Waals surface area contributed by atoms with Gasteiger partial charge in [-0.2, -0.15) is 0 Å².